The first-order chi connectivity index (χ1) is 22.9. The molecule has 0 radical (unpaired) electrons. The molecule has 0 aliphatic heterocycles. The average Bonchev–Trinajstić information content (AvgIpc) is 3.41. The van der Waals surface area contributed by atoms with Gasteiger partial charge >= 0.3 is 13.9 Å². The van der Waals surface area contributed by atoms with Crippen LogP contribution in [-0.4, -0.2) is 36.8 Å². The van der Waals surface area contributed by atoms with Crippen LogP contribution in [0.15, 0.2) is 30.6 Å². The quantitative estimate of drug-likeness (QED) is 0.108. The van der Waals surface area contributed by atoms with Crippen LogP contribution in [0.2, 0.25) is 0 Å². The summed E-state index contributed by atoms with van der Waals surface area (Å²) in [6.07, 6.45) is 18.4. The van der Waals surface area contributed by atoms with Crippen LogP contribution < -0.4 is 9.88 Å². The Bertz CT molecular complexity index is 1230. The van der Waals surface area contributed by atoms with Gasteiger partial charge in [0.15, 0.2) is 18.9 Å². The smallest absolute Gasteiger partial charge is 0.446 e. The number of phosphoric ester groups is 1. The van der Waals surface area contributed by atoms with Crippen molar-refractivity contribution in [2.75, 3.05) is 19.8 Å². The lowest BCUT2D eigenvalue weighted by molar-refractivity contribution is -0.697. The summed E-state index contributed by atoms with van der Waals surface area (Å²) in [7, 11) is -4.20. The van der Waals surface area contributed by atoms with E-state index in [1.807, 2.05) is 35.2 Å². The molecule has 48 heavy (non-hydrogen) atoms. The summed E-state index contributed by atoms with van der Waals surface area (Å²) in [6.45, 7) is 15.4. The van der Waals surface area contributed by atoms with Crippen LogP contribution in [-0.2, 0) is 24.9 Å². The van der Waals surface area contributed by atoms with Gasteiger partial charge in [0.1, 0.15) is 12.7 Å². The summed E-state index contributed by atoms with van der Waals surface area (Å²) in [6, 6.07) is 5.66. The fourth-order valence-electron chi connectivity index (χ4n) is 11.4. The van der Waals surface area contributed by atoms with Gasteiger partial charge in [0.2, 0.25) is 0 Å². The molecular weight excluding hydrogens is 623 g/mol. The van der Waals surface area contributed by atoms with Crippen molar-refractivity contribution in [1.29, 1.82) is 0 Å². The average molecular weight is 690 g/mol. The Balaban J connectivity index is 1.05. The van der Waals surface area contributed by atoms with Crippen LogP contribution >= 0.6 is 7.82 Å². The van der Waals surface area contributed by atoms with E-state index in [1.54, 1.807) is 0 Å². The maximum Gasteiger partial charge on any atom is 0.472 e. The number of carbonyl (C=O) groups excluding carboxylic acids is 1. The Morgan fingerprint density at radius 3 is 2.38 bits per heavy atom. The van der Waals surface area contributed by atoms with Gasteiger partial charge in [-0.15, -0.1) is 0 Å². The zero-order valence-corrected chi connectivity index (χ0v) is 31.7. The Morgan fingerprint density at radius 2 is 1.65 bits per heavy atom. The van der Waals surface area contributed by atoms with Crippen LogP contribution in [0.4, 0.5) is 4.79 Å². The van der Waals surface area contributed by atoms with Gasteiger partial charge in [0.25, 0.3) is 0 Å². The number of aromatic nitrogens is 1. The van der Waals surface area contributed by atoms with Crippen molar-refractivity contribution >= 4 is 13.9 Å². The number of ether oxygens (including phenoxy) is 1. The molecule has 0 bridgehead atoms. The highest BCUT2D eigenvalue weighted by Gasteiger charge is 2.60. The second-order valence-corrected chi connectivity index (χ2v) is 18.3. The van der Waals surface area contributed by atoms with Gasteiger partial charge < -0.3 is 14.9 Å². The normalized spacial score (nSPS) is 35.5. The molecule has 8 nitrogen and oxygen atoms in total. The third-order valence-electron chi connectivity index (χ3n) is 14.1. The van der Waals surface area contributed by atoms with E-state index in [0.29, 0.717) is 23.3 Å². The topological polar surface area (TPSA) is 98.0 Å². The van der Waals surface area contributed by atoms with Gasteiger partial charge in [-0.3, -0.25) is 9.05 Å². The highest BCUT2D eigenvalue weighted by molar-refractivity contribution is 7.47. The predicted octanol–water partition coefficient (Wildman–Crippen LogP) is 8.96. The van der Waals surface area contributed by atoms with Gasteiger partial charge in [-0.05, 0) is 122 Å². The number of nitrogens with zero attached hydrogens (tertiary/aromatic N) is 1. The molecular formula is C39H66N2O6P+. The van der Waals surface area contributed by atoms with E-state index >= 15 is 0 Å². The molecule has 4 fully saturated rings. The fraction of sp³-hybridized carbons (Fsp3) is 0.846. The number of hydrogen-bond acceptors (Lipinski definition) is 5. The van der Waals surface area contributed by atoms with Crippen molar-refractivity contribution in [2.45, 2.75) is 131 Å². The van der Waals surface area contributed by atoms with Gasteiger partial charge in [-0.25, -0.2) is 13.9 Å². The van der Waals surface area contributed by atoms with Gasteiger partial charge in [-0.2, -0.15) is 0 Å². The summed E-state index contributed by atoms with van der Waals surface area (Å²) >= 11 is 0. The first-order valence-corrected chi connectivity index (χ1v) is 20.9. The third-order valence-corrected chi connectivity index (χ3v) is 15.1. The number of rotatable bonds is 15. The van der Waals surface area contributed by atoms with E-state index in [0.717, 1.165) is 60.7 Å². The molecule has 1 aromatic rings. The molecule has 1 amide bonds. The molecule has 272 valence electrons. The van der Waals surface area contributed by atoms with Gasteiger partial charge in [-0.1, -0.05) is 60.5 Å². The summed E-state index contributed by atoms with van der Waals surface area (Å²) in [5.74, 6) is 6.48. The van der Waals surface area contributed by atoms with Crippen LogP contribution in [0.25, 0.3) is 0 Å². The minimum atomic E-state index is -4.20. The SMILES string of the molecule is CC[C@H](CC[C@@H](C)[C@H]1CCC2C3CC[C@H]4C[C@@H](OC(=O)NCCOP(=O)(O)OCC[n+]5ccccc5)CC[C@]4(C)C3CC[C@@]21C)C(C)C. The maximum absolute atomic E-state index is 12.7. The monoisotopic (exact) mass is 689 g/mol. The lowest BCUT2D eigenvalue weighted by Crippen LogP contribution is -2.54. The first-order valence-electron chi connectivity index (χ1n) is 19.4. The summed E-state index contributed by atoms with van der Waals surface area (Å²) < 4.78 is 30.0. The van der Waals surface area contributed by atoms with E-state index in [9.17, 15) is 14.3 Å². The number of fused-ring (bicyclic) bond motifs is 5. The van der Waals surface area contributed by atoms with E-state index < -0.39 is 13.9 Å². The van der Waals surface area contributed by atoms with Crippen molar-refractivity contribution in [3.63, 3.8) is 0 Å². The van der Waals surface area contributed by atoms with E-state index in [-0.39, 0.29) is 25.9 Å². The number of hydrogen-bond donors (Lipinski definition) is 2. The van der Waals surface area contributed by atoms with Crippen molar-refractivity contribution in [2.24, 2.45) is 58.2 Å². The van der Waals surface area contributed by atoms with Crippen molar-refractivity contribution < 1.29 is 32.6 Å². The van der Waals surface area contributed by atoms with Gasteiger partial charge in [0.05, 0.1) is 6.61 Å². The number of nitrogens with one attached hydrogen (secondary N) is 1. The molecule has 1 heterocycles. The largest absolute Gasteiger partial charge is 0.472 e. The molecule has 2 N–H and O–H groups in total. The number of pyridine rings is 1. The van der Waals surface area contributed by atoms with Crippen LogP contribution in [0.3, 0.4) is 0 Å². The predicted molar refractivity (Wildman–Crippen MR) is 189 cm³/mol. The van der Waals surface area contributed by atoms with E-state index in [4.69, 9.17) is 13.8 Å². The van der Waals surface area contributed by atoms with E-state index in [1.165, 1.54) is 57.8 Å². The molecule has 4 aliphatic rings. The second-order valence-electron chi connectivity index (χ2n) is 16.8. The zero-order chi connectivity index (χ0) is 34.5. The number of amides is 1. The van der Waals surface area contributed by atoms with Crippen LogP contribution in [0, 0.1) is 58.2 Å². The van der Waals surface area contributed by atoms with Crippen LogP contribution in [0.5, 0.6) is 0 Å². The molecule has 4 saturated carbocycles. The van der Waals surface area contributed by atoms with Crippen molar-refractivity contribution in [3.8, 4) is 0 Å². The van der Waals surface area contributed by atoms with Gasteiger partial charge in [0, 0.05) is 18.7 Å². The molecule has 11 atom stereocenters. The molecule has 4 aliphatic carbocycles. The molecule has 5 rings (SSSR count). The Hall–Kier alpha value is -1.47. The van der Waals surface area contributed by atoms with Crippen LogP contribution in [0.1, 0.15) is 119 Å². The lowest BCUT2D eigenvalue weighted by atomic mass is 9.44. The summed E-state index contributed by atoms with van der Waals surface area (Å²) in [4.78, 5) is 22.6. The molecule has 4 unspecified atom stereocenters. The second kappa shape index (κ2) is 16.3. The number of phosphoric acid groups is 1. The molecule has 0 spiro atoms. The Labute approximate surface area is 291 Å². The standard InChI is InChI=1S/C39H65N2O6P/c1-7-30(28(2)3)12-11-29(4)34-15-16-35-33-14-13-31-27-32(17-19-38(31,5)36(33)18-20-39(34,35)6)47-37(42)40-21-25-45-48(43,44)46-26-24-41-22-9-8-10-23-41/h8-10,22-23,28-36H,7,11-21,24-27H2,1-6H3,(H-,40,42,43,44)/p+1/t29-,30-,31+,32+,33?,34-,35?,36?,38+,39-/m1/s1. The zero-order valence-electron chi connectivity index (χ0n) is 30.8. The Morgan fingerprint density at radius 1 is 0.938 bits per heavy atom. The highest BCUT2D eigenvalue weighted by atomic mass is 31.2. The molecule has 9 heteroatoms. The minimum absolute atomic E-state index is 0.0407. The number of alkyl carbamates (subject to hydrolysis) is 1. The number of carbonyl (C=O) groups is 1. The Kier molecular flexibility index (Phi) is 12.8. The van der Waals surface area contributed by atoms with Crippen molar-refractivity contribution in [1.82, 2.24) is 5.32 Å². The molecule has 0 saturated heterocycles. The molecule has 0 aromatic carbocycles. The minimum Gasteiger partial charge on any atom is -0.446 e. The maximum atomic E-state index is 12.7. The summed E-state index contributed by atoms with van der Waals surface area (Å²) in [5, 5.41) is 2.70. The third kappa shape index (κ3) is 8.69. The summed E-state index contributed by atoms with van der Waals surface area (Å²) in [5.41, 5.74) is 0.841. The molecule has 1 aromatic heterocycles. The lowest BCUT2D eigenvalue weighted by Gasteiger charge is -2.61. The van der Waals surface area contributed by atoms with E-state index in [2.05, 4.69) is 46.9 Å². The fourth-order valence-corrected chi connectivity index (χ4v) is 12.1. The van der Waals surface area contributed by atoms with Crippen molar-refractivity contribution in [3.05, 3.63) is 30.6 Å². The highest BCUT2D eigenvalue weighted by Crippen LogP contribution is 2.68. The first kappa shape index (κ1) is 37.8.